The highest BCUT2D eigenvalue weighted by Gasteiger charge is 2.14. The van der Waals surface area contributed by atoms with Gasteiger partial charge in [0.25, 0.3) is 0 Å². The Kier molecular flexibility index (Phi) is 3.29. The summed E-state index contributed by atoms with van der Waals surface area (Å²) >= 11 is 1.85. The molecule has 2 heteroatoms. The summed E-state index contributed by atoms with van der Waals surface area (Å²) in [4.78, 5) is 1.45. The van der Waals surface area contributed by atoms with Crippen LogP contribution in [0.2, 0.25) is 0 Å². The topological polar surface area (TPSA) is 12.0 Å². The van der Waals surface area contributed by atoms with Gasteiger partial charge in [0, 0.05) is 10.9 Å². The standard InChI is InChI=1S/C10H17NS/c1-7(2)10(11-4)9-5-8(3)6-12-9/h5-7,10-11H,1-4H3/t10-/m1/s1. The molecule has 0 saturated carbocycles. The highest BCUT2D eigenvalue weighted by atomic mass is 32.1. The molecule has 12 heavy (non-hydrogen) atoms. The number of aryl methyl sites for hydroxylation is 1. The van der Waals surface area contributed by atoms with E-state index in [1.165, 1.54) is 10.4 Å². The molecule has 1 N–H and O–H groups in total. The molecule has 0 aliphatic heterocycles. The van der Waals surface area contributed by atoms with Gasteiger partial charge in [-0.05, 0) is 36.9 Å². The zero-order chi connectivity index (χ0) is 9.14. The van der Waals surface area contributed by atoms with Crippen LogP contribution in [0.15, 0.2) is 11.4 Å². The lowest BCUT2D eigenvalue weighted by atomic mass is 10.0. The van der Waals surface area contributed by atoms with Crippen molar-refractivity contribution in [1.82, 2.24) is 5.32 Å². The minimum absolute atomic E-state index is 0.517. The van der Waals surface area contributed by atoms with Crippen molar-refractivity contribution in [2.24, 2.45) is 5.92 Å². The third-order valence-electron chi connectivity index (χ3n) is 2.04. The van der Waals surface area contributed by atoms with E-state index in [4.69, 9.17) is 0 Å². The summed E-state index contributed by atoms with van der Waals surface area (Å²) in [7, 11) is 2.03. The SMILES string of the molecule is CN[C@@H](c1cc(C)cs1)C(C)C. The first-order valence-electron chi connectivity index (χ1n) is 4.37. The van der Waals surface area contributed by atoms with Gasteiger partial charge in [-0.25, -0.2) is 0 Å². The van der Waals surface area contributed by atoms with E-state index in [-0.39, 0.29) is 0 Å². The van der Waals surface area contributed by atoms with E-state index < -0.39 is 0 Å². The van der Waals surface area contributed by atoms with Gasteiger partial charge in [-0.1, -0.05) is 13.8 Å². The van der Waals surface area contributed by atoms with E-state index in [0.717, 1.165) is 0 Å². The molecule has 0 spiro atoms. The quantitative estimate of drug-likeness (QED) is 0.759. The Hall–Kier alpha value is -0.340. The van der Waals surface area contributed by atoms with Crippen molar-refractivity contribution in [2.45, 2.75) is 26.8 Å². The Labute approximate surface area is 78.8 Å². The highest BCUT2D eigenvalue weighted by molar-refractivity contribution is 7.10. The molecule has 1 aromatic rings. The van der Waals surface area contributed by atoms with Crippen LogP contribution in [0.1, 0.15) is 30.3 Å². The fourth-order valence-corrected chi connectivity index (χ4v) is 2.60. The second kappa shape index (κ2) is 4.06. The van der Waals surface area contributed by atoms with Crippen LogP contribution in [-0.2, 0) is 0 Å². The predicted molar refractivity (Wildman–Crippen MR) is 55.7 cm³/mol. The van der Waals surface area contributed by atoms with Gasteiger partial charge in [0.1, 0.15) is 0 Å². The van der Waals surface area contributed by atoms with Crippen LogP contribution in [0.5, 0.6) is 0 Å². The van der Waals surface area contributed by atoms with Gasteiger partial charge < -0.3 is 5.32 Å². The van der Waals surface area contributed by atoms with Crippen molar-refractivity contribution in [3.63, 3.8) is 0 Å². The van der Waals surface area contributed by atoms with Crippen LogP contribution in [0.3, 0.4) is 0 Å². The molecule has 0 radical (unpaired) electrons. The maximum Gasteiger partial charge on any atom is 0.0435 e. The van der Waals surface area contributed by atoms with E-state index in [9.17, 15) is 0 Å². The van der Waals surface area contributed by atoms with Crippen LogP contribution in [0.25, 0.3) is 0 Å². The molecule has 1 aromatic heterocycles. The van der Waals surface area contributed by atoms with Gasteiger partial charge >= 0.3 is 0 Å². The van der Waals surface area contributed by atoms with E-state index >= 15 is 0 Å². The van der Waals surface area contributed by atoms with Crippen LogP contribution in [0.4, 0.5) is 0 Å². The molecule has 1 atom stereocenters. The Morgan fingerprint density at radius 3 is 2.42 bits per heavy atom. The smallest absolute Gasteiger partial charge is 0.0435 e. The van der Waals surface area contributed by atoms with E-state index in [1.54, 1.807) is 0 Å². The lowest BCUT2D eigenvalue weighted by Crippen LogP contribution is -2.20. The van der Waals surface area contributed by atoms with Gasteiger partial charge in [0.05, 0.1) is 0 Å². The molecule has 0 unspecified atom stereocenters. The fraction of sp³-hybridized carbons (Fsp3) is 0.600. The lowest BCUT2D eigenvalue weighted by molar-refractivity contribution is 0.449. The normalized spacial score (nSPS) is 13.8. The number of rotatable bonds is 3. The zero-order valence-electron chi connectivity index (χ0n) is 8.22. The molecular formula is C10H17NS. The third kappa shape index (κ3) is 2.08. The summed E-state index contributed by atoms with van der Waals surface area (Å²) in [6.07, 6.45) is 0. The maximum absolute atomic E-state index is 3.34. The minimum atomic E-state index is 0.517. The van der Waals surface area contributed by atoms with Gasteiger partial charge in [-0.2, -0.15) is 0 Å². The summed E-state index contributed by atoms with van der Waals surface area (Å²) in [6.45, 7) is 6.64. The monoisotopic (exact) mass is 183 g/mol. The van der Waals surface area contributed by atoms with Crippen molar-refractivity contribution in [2.75, 3.05) is 7.05 Å². The van der Waals surface area contributed by atoms with E-state index in [1.807, 2.05) is 18.4 Å². The molecule has 0 fully saturated rings. The summed E-state index contributed by atoms with van der Waals surface area (Å²) in [5, 5.41) is 5.55. The molecule has 0 bridgehead atoms. The molecule has 0 amide bonds. The molecule has 0 saturated heterocycles. The summed E-state index contributed by atoms with van der Waals surface area (Å²) in [5.74, 6) is 0.660. The molecule has 1 heterocycles. The summed E-state index contributed by atoms with van der Waals surface area (Å²) in [5.41, 5.74) is 1.37. The van der Waals surface area contributed by atoms with E-state index in [2.05, 4.69) is 37.5 Å². The molecule has 0 aliphatic rings. The average molecular weight is 183 g/mol. The number of hydrogen-bond acceptors (Lipinski definition) is 2. The first kappa shape index (κ1) is 9.75. The predicted octanol–water partition coefficient (Wildman–Crippen LogP) is 2.97. The van der Waals surface area contributed by atoms with Crippen molar-refractivity contribution in [3.05, 3.63) is 21.9 Å². The maximum atomic E-state index is 3.34. The fourth-order valence-electron chi connectivity index (χ4n) is 1.42. The van der Waals surface area contributed by atoms with Gasteiger partial charge in [-0.3, -0.25) is 0 Å². The van der Waals surface area contributed by atoms with Crippen molar-refractivity contribution in [3.8, 4) is 0 Å². The largest absolute Gasteiger partial charge is 0.312 e. The van der Waals surface area contributed by atoms with Crippen molar-refractivity contribution < 1.29 is 0 Å². The first-order chi connectivity index (χ1) is 5.65. The summed E-state index contributed by atoms with van der Waals surface area (Å²) in [6, 6.07) is 2.79. The second-order valence-electron chi connectivity index (χ2n) is 3.54. The average Bonchev–Trinajstić information content (AvgIpc) is 2.37. The van der Waals surface area contributed by atoms with Crippen LogP contribution in [0, 0.1) is 12.8 Å². The van der Waals surface area contributed by atoms with E-state index in [0.29, 0.717) is 12.0 Å². The Balaban J connectivity index is 2.80. The van der Waals surface area contributed by atoms with Gasteiger partial charge in [-0.15, -0.1) is 11.3 Å². The highest BCUT2D eigenvalue weighted by Crippen LogP contribution is 2.26. The van der Waals surface area contributed by atoms with Crippen LogP contribution < -0.4 is 5.32 Å². The molecule has 1 nitrogen and oxygen atoms in total. The Bertz CT molecular complexity index is 240. The zero-order valence-corrected chi connectivity index (χ0v) is 9.03. The number of hydrogen-bond donors (Lipinski definition) is 1. The molecule has 68 valence electrons. The third-order valence-corrected chi connectivity index (χ3v) is 3.17. The number of nitrogens with one attached hydrogen (secondary N) is 1. The van der Waals surface area contributed by atoms with Crippen LogP contribution >= 0.6 is 11.3 Å². The van der Waals surface area contributed by atoms with Gasteiger partial charge in [0.2, 0.25) is 0 Å². The summed E-state index contributed by atoms with van der Waals surface area (Å²) < 4.78 is 0. The molecular weight excluding hydrogens is 166 g/mol. The van der Waals surface area contributed by atoms with Crippen LogP contribution in [-0.4, -0.2) is 7.05 Å². The number of thiophene rings is 1. The Morgan fingerprint density at radius 2 is 2.08 bits per heavy atom. The first-order valence-corrected chi connectivity index (χ1v) is 5.25. The lowest BCUT2D eigenvalue weighted by Gasteiger charge is -2.18. The van der Waals surface area contributed by atoms with Gasteiger partial charge in [0.15, 0.2) is 0 Å². The second-order valence-corrected chi connectivity index (χ2v) is 4.48. The van der Waals surface area contributed by atoms with Crippen molar-refractivity contribution >= 4 is 11.3 Å². The molecule has 0 aromatic carbocycles. The molecule has 1 rings (SSSR count). The Morgan fingerprint density at radius 1 is 1.42 bits per heavy atom. The van der Waals surface area contributed by atoms with Crippen molar-refractivity contribution in [1.29, 1.82) is 0 Å². The molecule has 0 aliphatic carbocycles. The minimum Gasteiger partial charge on any atom is -0.312 e.